The number of ether oxygens (including phenoxy) is 1. The maximum Gasteiger partial charge on any atom is 0.150 e. The lowest BCUT2D eigenvalue weighted by atomic mass is 9.93. The average molecular weight is 301 g/mol. The van der Waals surface area contributed by atoms with E-state index in [0.717, 1.165) is 22.6 Å². The van der Waals surface area contributed by atoms with Gasteiger partial charge in [0.25, 0.3) is 0 Å². The molecular formula is C20H13OS. The molecule has 1 radical (unpaired) electrons. The van der Waals surface area contributed by atoms with Gasteiger partial charge in [0.2, 0.25) is 0 Å². The molecule has 0 N–H and O–H groups in total. The third-order valence-corrected chi connectivity index (χ3v) is 4.12. The fourth-order valence-corrected chi connectivity index (χ4v) is 2.93. The summed E-state index contributed by atoms with van der Waals surface area (Å²) in [5.41, 5.74) is 2.28. The number of rotatable bonds is 2. The minimum Gasteiger partial charge on any atom is -0.456 e. The first-order chi connectivity index (χ1) is 10.8. The SMILES string of the molecule is S=C1Cc2cc3ccccc3cc2[C]=C1Oc1ccccc1. The molecule has 0 fully saturated rings. The summed E-state index contributed by atoms with van der Waals surface area (Å²) in [6, 6.07) is 22.4. The third-order valence-electron chi connectivity index (χ3n) is 3.79. The Balaban J connectivity index is 1.77. The largest absolute Gasteiger partial charge is 0.456 e. The van der Waals surface area contributed by atoms with Crippen LogP contribution in [0.3, 0.4) is 0 Å². The van der Waals surface area contributed by atoms with E-state index in [0.29, 0.717) is 5.76 Å². The molecule has 0 aliphatic heterocycles. The summed E-state index contributed by atoms with van der Waals surface area (Å²) in [7, 11) is 0. The molecule has 1 aliphatic rings. The van der Waals surface area contributed by atoms with Crippen LogP contribution in [-0.2, 0) is 6.42 Å². The predicted molar refractivity (Wildman–Crippen MR) is 93.2 cm³/mol. The van der Waals surface area contributed by atoms with E-state index in [4.69, 9.17) is 17.0 Å². The molecule has 0 saturated heterocycles. The number of para-hydroxylation sites is 1. The number of hydrogen-bond donors (Lipinski definition) is 0. The van der Waals surface area contributed by atoms with Gasteiger partial charge in [-0.25, -0.2) is 0 Å². The lowest BCUT2D eigenvalue weighted by Gasteiger charge is -2.18. The van der Waals surface area contributed by atoms with Gasteiger partial charge in [-0.1, -0.05) is 60.7 Å². The number of thiocarbonyl (C=S) groups is 1. The van der Waals surface area contributed by atoms with Crippen LogP contribution >= 0.6 is 12.2 Å². The molecular weight excluding hydrogens is 288 g/mol. The molecule has 0 aromatic heterocycles. The highest BCUT2D eigenvalue weighted by Gasteiger charge is 2.18. The van der Waals surface area contributed by atoms with Crippen LogP contribution in [0.15, 0.2) is 72.5 Å². The molecule has 0 atom stereocenters. The summed E-state index contributed by atoms with van der Waals surface area (Å²) < 4.78 is 5.90. The van der Waals surface area contributed by atoms with Gasteiger partial charge in [-0.2, -0.15) is 0 Å². The molecule has 1 nitrogen and oxygen atoms in total. The van der Waals surface area contributed by atoms with Gasteiger partial charge in [-0.05, 0) is 40.1 Å². The summed E-state index contributed by atoms with van der Waals surface area (Å²) in [4.78, 5) is 0.798. The molecule has 4 rings (SSSR count). The van der Waals surface area contributed by atoms with Gasteiger partial charge >= 0.3 is 0 Å². The van der Waals surface area contributed by atoms with E-state index < -0.39 is 0 Å². The van der Waals surface area contributed by atoms with Crippen molar-refractivity contribution < 1.29 is 4.74 Å². The van der Waals surface area contributed by atoms with E-state index in [9.17, 15) is 0 Å². The zero-order chi connectivity index (χ0) is 14.9. The Morgan fingerprint density at radius 3 is 2.32 bits per heavy atom. The first-order valence-corrected chi connectivity index (χ1v) is 7.62. The van der Waals surface area contributed by atoms with Gasteiger partial charge in [-0.15, -0.1) is 0 Å². The molecule has 0 spiro atoms. The normalized spacial score (nSPS) is 13.6. The van der Waals surface area contributed by atoms with Crippen LogP contribution in [0.25, 0.3) is 10.8 Å². The molecule has 1 aliphatic carbocycles. The Morgan fingerprint density at radius 2 is 1.55 bits per heavy atom. The maximum absolute atomic E-state index is 5.90. The number of hydrogen-bond acceptors (Lipinski definition) is 2. The monoisotopic (exact) mass is 301 g/mol. The lowest BCUT2D eigenvalue weighted by molar-refractivity contribution is 0.451. The van der Waals surface area contributed by atoms with Gasteiger partial charge in [-0.3, -0.25) is 0 Å². The quantitative estimate of drug-likeness (QED) is 0.624. The summed E-state index contributed by atoms with van der Waals surface area (Å²) in [5, 5.41) is 2.44. The highest BCUT2D eigenvalue weighted by Crippen LogP contribution is 2.27. The Labute approximate surface area is 134 Å². The Bertz CT molecular complexity index is 894. The van der Waals surface area contributed by atoms with Gasteiger partial charge in [0, 0.05) is 12.5 Å². The molecule has 0 heterocycles. The van der Waals surface area contributed by atoms with Crippen molar-refractivity contribution in [2.24, 2.45) is 0 Å². The van der Waals surface area contributed by atoms with Gasteiger partial charge < -0.3 is 4.74 Å². The minimum absolute atomic E-state index is 0.656. The van der Waals surface area contributed by atoms with E-state index >= 15 is 0 Å². The molecule has 3 aromatic rings. The van der Waals surface area contributed by atoms with Gasteiger partial charge in [0.05, 0.1) is 4.86 Å². The third kappa shape index (κ3) is 2.42. The minimum atomic E-state index is 0.656. The van der Waals surface area contributed by atoms with Crippen LogP contribution in [0.2, 0.25) is 0 Å². The molecule has 3 aromatic carbocycles. The zero-order valence-electron chi connectivity index (χ0n) is 11.9. The van der Waals surface area contributed by atoms with E-state index in [1.54, 1.807) is 0 Å². The van der Waals surface area contributed by atoms with Crippen molar-refractivity contribution in [3.8, 4) is 5.75 Å². The van der Waals surface area contributed by atoms with Crippen molar-refractivity contribution in [1.82, 2.24) is 0 Å². The molecule has 0 saturated carbocycles. The van der Waals surface area contributed by atoms with Gasteiger partial charge in [0.15, 0.2) is 0 Å². The average Bonchev–Trinajstić information content (AvgIpc) is 2.55. The van der Waals surface area contributed by atoms with E-state index in [1.807, 2.05) is 36.4 Å². The van der Waals surface area contributed by atoms with Crippen LogP contribution in [0, 0.1) is 6.08 Å². The van der Waals surface area contributed by atoms with E-state index in [1.165, 1.54) is 16.3 Å². The van der Waals surface area contributed by atoms with Crippen LogP contribution in [0.4, 0.5) is 0 Å². The molecule has 0 bridgehead atoms. The fraction of sp³-hybridized carbons (Fsp3) is 0.0500. The van der Waals surface area contributed by atoms with Crippen molar-refractivity contribution in [2.45, 2.75) is 6.42 Å². The Kier molecular flexibility index (Phi) is 3.24. The second kappa shape index (κ2) is 5.39. The number of benzene rings is 3. The number of allylic oxidation sites excluding steroid dienone is 1. The molecule has 105 valence electrons. The van der Waals surface area contributed by atoms with Crippen molar-refractivity contribution in [1.29, 1.82) is 0 Å². The van der Waals surface area contributed by atoms with Crippen LogP contribution in [-0.4, -0.2) is 4.86 Å². The van der Waals surface area contributed by atoms with E-state index in [2.05, 4.69) is 36.4 Å². The van der Waals surface area contributed by atoms with Crippen LogP contribution in [0.5, 0.6) is 5.75 Å². The predicted octanol–water partition coefficient (Wildman–Crippen LogP) is 4.88. The van der Waals surface area contributed by atoms with E-state index in [-0.39, 0.29) is 0 Å². The molecule has 2 heteroatoms. The topological polar surface area (TPSA) is 9.23 Å². The second-order valence-electron chi connectivity index (χ2n) is 5.33. The highest BCUT2D eigenvalue weighted by molar-refractivity contribution is 7.80. The molecule has 0 unspecified atom stereocenters. The first-order valence-electron chi connectivity index (χ1n) is 7.21. The zero-order valence-corrected chi connectivity index (χ0v) is 12.7. The Hall–Kier alpha value is -2.45. The number of fused-ring (bicyclic) bond motifs is 2. The maximum atomic E-state index is 5.90. The summed E-state index contributed by atoms with van der Waals surface area (Å²) in [6.07, 6.45) is 4.07. The van der Waals surface area contributed by atoms with Crippen LogP contribution < -0.4 is 4.74 Å². The van der Waals surface area contributed by atoms with Crippen molar-refractivity contribution in [3.63, 3.8) is 0 Å². The van der Waals surface area contributed by atoms with Gasteiger partial charge in [0.1, 0.15) is 11.5 Å². The van der Waals surface area contributed by atoms with Crippen molar-refractivity contribution >= 4 is 27.9 Å². The standard InChI is InChI=1S/C20H13OS/c22-20-13-17-11-15-7-5-4-6-14(15)10-16(17)12-19(20)21-18-8-2-1-3-9-18/h1-11H,13H2. The summed E-state index contributed by atoms with van der Waals surface area (Å²) in [6.45, 7) is 0. The van der Waals surface area contributed by atoms with Crippen molar-refractivity contribution in [2.75, 3.05) is 0 Å². The lowest BCUT2D eigenvalue weighted by Crippen LogP contribution is -2.15. The highest BCUT2D eigenvalue weighted by atomic mass is 32.1. The summed E-state index contributed by atoms with van der Waals surface area (Å²) >= 11 is 5.50. The smallest absolute Gasteiger partial charge is 0.150 e. The van der Waals surface area contributed by atoms with Crippen LogP contribution in [0.1, 0.15) is 11.1 Å². The molecule has 22 heavy (non-hydrogen) atoms. The fourth-order valence-electron chi connectivity index (χ4n) is 2.68. The van der Waals surface area contributed by atoms with Crippen molar-refractivity contribution in [3.05, 3.63) is 89.7 Å². The Morgan fingerprint density at radius 1 is 0.864 bits per heavy atom. The molecule has 0 amide bonds. The first kappa shape index (κ1) is 13.2. The summed E-state index contributed by atoms with van der Waals surface area (Å²) in [5.74, 6) is 1.44. The second-order valence-corrected chi connectivity index (χ2v) is 5.82.